The van der Waals surface area contributed by atoms with E-state index in [-0.39, 0.29) is 0 Å². The predicted molar refractivity (Wildman–Crippen MR) is 64.8 cm³/mol. The van der Waals surface area contributed by atoms with Crippen LogP contribution < -0.4 is 11.3 Å². The Kier molecular flexibility index (Phi) is 2.83. The fraction of sp³-hybridized carbons (Fsp3) is 0.167. The van der Waals surface area contributed by atoms with Gasteiger partial charge in [-0.3, -0.25) is 0 Å². The van der Waals surface area contributed by atoms with Crippen molar-refractivity contribution in [1.29, 1.82) is 0 Å². The number of nitrogens with one attached hydrogen (secondary N) is 1. The highest BCUT2D eigenvalue weighted by atomic mass is 15.3. The fourth-order valence-corrected chi connectivity index (χ4v) is 1.55. The third-order valence-electron chi connectivity index (χ3n) is 2.44. The molecule has 0 saturated carbocycles. The van der Waals surface area contributed by atoms with Crippen LogP contribution in [0.3, 0.4) is 0 Å². The number of aromatic nitrogens is 2. The molecule has 0 unspecified atom stereocenters. The van der Waals surface area contributed by atoms with Gasteiger partial charge in [-0.2, -0.15) is 0 Å². The van der Waals surface area contributed by atoms with Crippen LogP contribution >= 0.6 is 0 Å². The third kappa shape index (κ3) is 2.01. The largest absolute Gasteiger partial charge is 0.308 e. The minimum atomic E-state index is 0.617. The van der Waals surface area contributed by atoms with Gasteiger partial charge in [0.25, 0.3) is 0 Å². The molecule has 0 atom stereocenters. The number of nitrogen functional groups attached to an aromatic ring is 1. The van der Waals surface area contributed by atoms with Crippen molar-refractivity contribution >= 4 is 5.82 Å². The lowest BCUT2D eigenvalue weighted by Crippen LogP contribution is -2.09. The number of aryl methyl sites for hydroxylation is 2. The first-order valence-corrected chi connectivity index (χ1v) is 5.08. The Bertz CT molecular complexity index is 508. The average Bonchev–Trinajstić information content (AvgIpc) is 2.32. The van der Waals surface area contributed by atoms with Gasteiger partial charge in [0, 0.05) is 17.8 Å². The minimum absolute atomic E-state index is 0.617. The van der Waals surface area contributed by atoms with Crippen LogP contribution in [0, 0.1) is 13.8 Å². The van der Waals surface area contributed by atoms with Gasteiger partial charge in [-0.1, -0.05) is 17.7 Å². The second-order valence-corrected chi connectivity index (χ2v) is 3.73. The zero-order valence-electron chi connectivity index (χ0n) is 9.36. The summed E-state index contributed by atoms with van der Waals surface area (Å²) in [7, 11) is 0. The first-order chi connectivity index (χ1) is 7.70. The van der Waals surface area contributed by atoms with Gasteiger partial charge in [-0.05, 0) is 25.5 Å². The number of hydrogen-bond acceptors (Lipinski definition) is 4. The molecule has 16 heavy (non-hydrogen) atoms. The quantitative estimate of drug-likeness (QED) is 0.593. The monoisotopic (exact) mass is 214 g/mol. The molecule has 3 N–H and O–H groups in total. The van der Waals surface area contributed by atoms with Gasteiger partial charge in [0.15, 0.2) is 5.82 Å². The summed E-state index contributed by atoms with van der Waals surface area (Å²) in [6.45, 7) is 4.09. The lowest BCUT2D eigenvalue weighted by molar-refractivity contribution is 1.14. The van der Waals surface area contributed by atoms with E-state index in [1.54, 1.807) is 12.3 Å². The van der Waals surface area contributed by atoms with Crippen molar-refractivity contribution in [2.75, 3.05) is 5.43 Å². The van der Waals surface area contributed by atoms with Crippen LogP contribution in [0.15, 0.2) is 30.5 Å². The highest BCUT2D eigenvalue weighted by molar-refractivity contribution is 5.62. The molecule has 0 radical (unpaired) electrons. The first kappa shape index (κ1) is 10.6. The maximum Gasteiger partial charge on any atom is 0.161 e. The molecular formula is C12H14N4. The number of hydrazine groups is 1. The van der Waals surface area contributed by atoms with Gasteiger partial charge in [0.05, 0.1) is 0 Å². The number of nitrogens with two attached hydrogens (primary N) is 1. The fourth-order valence-electron chi connectivity index (χ4n) is 1.55. The van der Waals surface area contributed by atoms with Crippen LogP contribution in [0.1, 0.15) is 11.1 Å². The second kappa shape index (κ2) is 4.28. The predicted octanol–water partition coefficient (Wildman–Crippen LogP) is 2.05. The summed E-state index contributed by atoms with van der Waals surface area (Å²) in [6, 6.07) is 7.94. The Morgan fingerprint density at radius 3 is 2.75 bits per heavy atom. The Labute approximate surface area is 94.5 Å². The molecule has 1 aromatic carbocycles. The van der Waals surface area contributed by atoms with Crippen LogP contribution in [0.25, 0.3) is 11.4 Å². The zero-order chi connectivity index (χ0) is 11.5. The van der Waals surface area contributed by atoms with Crippen LogP contribution in [0.4, 0.5) is 5.82 Å². The minimum Gasteiger partial charge on any atom is -0.308 e. The second-order valence-electron chi connectivity index (χ2n) is 3.73. The molecular weight excluding hydrogens is 200 g/mol. The molecule has 0 bridgehead atoms. The summed E-state index contributed by atoms with van der Waals surface area (Å²) in [5.41, 5.74) is 5.90. The average molecular weight is 214 g/mol. The summed E-state index contributed by atoms with van der Waals surface area (Å²) in [4.78, 5) is 8.57. The Morgan fingerprint density at radius 2 is 2.00 bits per heavy atom. The molecule has 2 aromatic rings. The van der Waals surface area contributed by atoms with Gasteiger partial charge in [-0.15, -0.1) is 0 Å². The van der Waals surface area contributed by atoms with Crippen LogP contribution in [-0.2, 0) is 0 Å². The van der Waals surface area contributed by atoms with Crippen LogP contribution in [0.2, 0.25) is 0 Å². The zero-order valence-corrected chi connectivity index (χ0v) is 9.36. The van der Waals surface area contributed by atoms with Crippen molar-refractivity contribution in [1.82, 2.24) is 9.97 Å². The summed E-state index contributed by atoms with van der Waals surface area (Å²) in [5.74, 6) is 6.63. The Morgan fingerprint density at radius 1 is 1.19 bits per heavy atom. The van der Waals surface area contributed by atoms with E-state index in [1.807, 2.05) is 13.8 Å². The molecule has 4 nitrogen and oxygen atoms in total. The summed E-state index contributed by atoms with van der Waals surface area (Å²) in [5, 5.41) is 0. The molecule has 0 aliphatic rings. The molecule has 0 aliphatic heterocycles. The van der Waals surface area contributed by atoms with E-state index in [2.05, 4.69) is 33.6 Å². The first-order valence-electron chi connectivity index (χ1n) is 5.08. The Balaban J connectivity index is 2.53. The number of benzene rings is 1. The maximum atomic E-state index is 5.32. The Hall–Kier alpha value is -1.94. The van der Waals surface area contributed by atoms with E-state index in [0.717, 1.165) is 11.1 Å². The van der Waals surface area contributed by atoms with Crippen molar-refractivity contribution in [3.05, 3.63) is 41.6 Å². The molecule has 1 heterocycles. The molecule has 1 aromatic heterocycles. The van der Waals surface area contributed by atoms with Crippen molar-refractivity contribution < 1.29 is 0 Å². The molecule has 0 spiro atoms. The molecule has 0 saturated heterocycles. The van der Waals surface area contributed by atoms with E-state index in [9.17, 15) is 0 Å². The summed E-state index contributed by atoms with van der Waals surface area (Å²) in [6.07, 6.45) is 1.69. The third-order valence-corrected chi connectivity index (χ3v) is 2.44. The highest BCUT2D eigenvalue weighted by Gasteiger charge is 2.05. The van der Waals surface area contributed by atoms with E-state index in [1.165, 1.54) is 5.56 Å². The number of hydrogen-bond donors (Lipinski definition) is 2. The standard InChI is InChI=1S/C12H14N4/c1-8-3-4-9(2)10(7-8)12-14-6-5-11(15-12)16-13/h3-7H,13H2,1-2H3,(H,14,15,16). The summed E-state index contributed by atoms with van der Waals surface area (Å²) >= 11 is 0. The van der Waals surface area contributed by atoms with E-state index in [4.69, 9.17) is 5.84 Å². The van der Waals surface area contributed by atoms with Gasteiger partial charge >= 0.3 is 0 Å². The van der Waals surface area contributed by atoms with Gasteiger partial charge < -0.3 is 5.43 Å². The highest BCUT2D eigenvalue weighted by Crippen LogP contribution is 2.21. The SMILES string of the molecule is Cc1ccc(C)c(-c2nccc(NN)n2)c1. The van der Waals surface area contributed by atoms with Crippen LogP contribution in [-0.4, -0.2) is 9.97 Å². The smallest absolute Gasteiger partial charge is 0.161 e. The van der Waals surface area contributed by atoms with E-state index < -0.39 is 0 Å². The molecule has 0 aliphatic carbocycles. The van der Waals surface area contributed by atoms with Crippen LogP contribution in [0.5, 0.6) is 0 Å². The molecule has 82 valence electrons. The number of nitrogens with zero attached hydrogens (tertiary/aromatic N) is 2. The topological polar surface area (TPSA) is 63.8 Å². The number of anilines is 1. The molecule has 2 rings (SSSR count). The van der Waals surface area contributed by atoms with E-state index in [0.29, 0.717) is 11.6 Å². The molecule has 0 fully saturated rings. The van der Waals surface area contributed by atoms with Crippen molar-refractivity contribution in [3.8, 4) is 11.4 Å². The number of rotatable bonds is 2. The molecule has 0 amide bonds. The lowest BCUT2D eigenvalue weighted by Gasteiger charge is -2.06. The summed E-state index contributed by atoms with van der Waals surface area (Å²) < 4.78 is 0. The molecule has 4 heteroatoms. The normalized spacial score (nSPS) is 10.2. The van der Waals surface area contributed by atoms with Crippen molar-refractivity contribution in [2.45, 2.75) is 13.8 Å². The maximum absolute atomic E-state index is 5.32. The van der Waals surface area contributed by atoms with Crippen molar-refractivity contribution in [2.24, 2.45) is 5.84 Å². The van der Waals surface area contributed by atoms with Crippen molar-refractivity contribution in [3.63, 3.8) is 0 Å². The lowest BCUT2D eigenvalue weighted by atomic mass is 10.1. The van der Waals surface area contributed by atoms with Gasteiger partial charge in [0.1, 0.15) is 5.82 Å². The van der Waals surface area contributed by atoms with Gasteiger partial charge in [0.2, 0.25) is 0 Å². The van der Waals surface area contributed by atoms with Gasteiger partial charge in [-0.25, -0.2) is 15.8 Å². The van der Waals surface area contributed by atoms with E-state index >= 15 is 0 Å².